The average Bonchev–Trinajstić information content (AvgIpc) is 3.47. The van der Waals surface area contributed by atoms with Crippen LogP contribution in [0.3, 0.4) is 0 Å². The minimum absolute atomic E-state index is 0.104. The van der Waals surface area contributed by atoms with E-state index in [2.05, 4.69) is 13.8 Å². The van der Waals surface area contributed by atoms with Crippen LogP contribution in [0.2, 0.25) is 0 Å². The first-order valence-corrected chi connectivity index (χ1v) is 19.2. The molecule has 0 heterocycles. The molecular weight excluding hydrogens is 608 g/mol. The first-order chi connectivity index (χ1) is 22.8. The van der Waals surface area contributed by atoms with Gasteiger partial charge in [-0.05, 0) is 30.9 Å². The van der Waals surface area contributed by atoms with Crippen molar-refractivity contribution in [2.45, 2.75) is 174 Å². The van der Waals surface area contributed by atoms with Crippen molar-refractivity contribution < 1.29 is 39.2 Å². The Balaban J connectivity index is 1.62. The molecule has 2 fully saturated rings. The highest BCUT2D eigenvalue weighted by Crippen LogP contribution is 2.77. The Morgan fingerprint density at radius 1 is 0.833 bits per heavy atom. The highest BCUT2D eigenvalue weighted by atomic mass is 16.6. The molecule has 0 amide bonds. The summed E-state index contributed by atoms with van der Waals surface area (Å²) in [7, 11) is 0. The van der Waals surface area contributed by atoms with Crippen LogP contribution >= 0.6 is 0 Å². The number of ketones is 1. The molecule has 0 aromatic carbocycles. The second-order valence-corrected chi connectivity index (χ2v) is 16.1. The van der Waals surface area contributed by atoms with E-state index in [0.29, 0.717) is 24.0 Å². The lowest BCUT2D eigenvalue weighted by atomic mass is 9.59. The van der Waals surface area contributed by atoms with Crippen LogP contribution in [0.1, 0.15) is 151 Å². The Labute approximate surface area is 289 Å². The number of carbonyl (C=O) groups is 3. The minimum atomic E-state index is -1.93. The van der Waals surface area contributed by atoms with Crippen LogP contribution in [0.5, 0.6) is 0 Å². The third-order valence-electron chi connectivity index (χ3n) is 12.5. The summed E-state index contributed by atoms with van der Waals surface area (Å²) in [6.07, 6.45) is 17.8. The van der Waals surface area contributed by atoms with E-state index in [1.807, 2.05) is 13.8 Å². The van der Waals surface area contributed by atoms with Crippen molar-refractivity contribution in [1.29, 1.82) is 0 Å². The number of aliphatic hydroxyl groups excluding tert-OH is 1. The number of carbonyl (C=O) groups excluding carboxylic acids is 3. The maximum absolute atomic E-state index is 13.6. The Kier molecular flexibility index (Phi) is 12.8. The van der Waals surface area contributed by atoms with Gasteiger partial charge in [-0.3, -0.25) is 14.4 Å². The highest BCUT2D eigenvalue weighted by Gasteiger charge is 2.87. The number of hydrogen-bond donors (Lipinski definition) is 3. The smallest absolute Gasteiger partial charge is 0.306 e. The first kappa shape index (κ1) is 38.8. The normalized spacial score (nSPS) is 34.7. The maximum Gasteiger partial charge on any atom is 0.306 e. The molecule has 8 heteroatoms. The topological polar surface area (TPSA) is 130 Å². The summed E-state index contributed by atoms with van der Waals surface area (Å²) in [6.45, 7) is 11.4. The summed E-state index contributed by atoms with van der Waals surface area (Å²) in [6, 6.07) is 0. The number of fused-ring (bicyclic) bond motifs is 5. The van der Waals surface area contributed by atoms with Gasteiger partial charge in [0.2, 0.25) is 0 Å². The number of esters is 2. The fraction of sp³-hybridized carbons (Fsp3) is 0.825. The SMILES string of the molecule is CCCCCCCCCC(=O)O[C@@H]1[C@@H](C)[C@]2(O)C3C=C(C)C(=O)[C@]3(O)CC(CO)=C[C@H]2C2C(C)(C)[C@@]21OC(=O)CCCCCCCCC. The molecule has 0 aliphatic heterocycles. The van der Waals surface area contributed by atoms with Gasteiger partial charge < -0.3 is 24.8 Å². The van der Waals surface area contributed by atoms with Crippen molar-refractivity contribution in [1.82, 2.24) is 0 Å². The largest absolute Gasteiger partial charge is 0.458 e. The van der Waals surface area contributed by atoms with Gasteiger partial charge in [-0.1, -0.05) is 124 Å². The lowest BCUT2D eigenvalue weighted by molar-refractivity contribution is -0.229. The number of hydrogen-bond acceptors (Lipinski definition) is 8. The fourth-order valence-electron chi connectivity index (χ4n) is 9.72. The zero-order chi connectivity index (χ0) is 35.3. The van der Waals surface area contributed by atoms with E-state index < -0.39 is 63.7 Å². The minimum Gasteiger partial charge on any atom is -0.458 e. The molecule has 4 rings (SSSR count). The summed E-state index contributed by atoms with van der Waals surface area (Å²) < 4.78 is 12.8. The Morgan fingerprint density at radius 2 is 1.35 bits per heavy atom. The molecule has 0 aromatic heterocycles. The summed E-state index contributed by atoms with van der Waals surface area (Å²) in [5.74, 6) is -4.11. The second kappa shape index (κ2) is 15.9. The zero-order valence-corrected chi connectivity index (χ0v) is 30.7. The average molecular weight is 673 g/mol. The Hall–Kier alpha value is -2.03. The molecule has 2 saturated carbocycles. The highest BCUT2D eigenvalue weighted by molar-refractivity contribution is 6.04. The van der Waals surface area contributed by atoms with Gasteiger partial charge >= 0.3 is 11.9 Å². The van der Waals surface area contributed by atoms with Crippen molar-refractivity contribution in [3.05, 3.63) is 23.3 Å². The molecule has 0 aromatic rings. The van der Waals surface area contributed by atoms with Crippen molar-refractivity contribution in [3.63, 3.8) is 0 Å². The standard InChI is InChI=1S/C40H64O8/c1-7-9-11-13-15-17-19-21-32(42)47-36-28(4)39(46)30(24-29(26-41)25-38(45)31(39)23-27(3)35(38)44)34-37(5,6)40(34,36)48-33(43)22-20-18-16-14-12-10-8-2/h23-24,28,30-31,34,36,41,45-46H,7-22,25-26H2,1-6H3/t28-,30+,31?,34?,36-,38+,39-,40-/m1/s1. The van der Waals surface area contributed by atoms with E-state index in [1.54, 1.807) is 26.0 Å². The fourth-order valence-corrected chi connectivity index (χ4v) is 9.72. The van der Waals surface area contributed by atoms with Gasteiger partial charge in [0.05, 0.1) is 12.2 Å². The van der Waals surface area contributed by atoms with Crippen LogP contribution in [0, 0.1) is 29.1 Å². The molecule has 4 aliphatic carbocycles. The van der Waals surface area contributed by atoms with Gasteiger partial charge in [0, 0.05) is 48.3 Å². The van der Waals surface area contributed by atoms with Crippen molar-refractivity contribution in [3.8, 4) is 0 Å². The summed E-state index contributed by atoms with van der Waals surface area (Å²) in [5.41, 5.74) is -4.71. The summed E-state index contributed by atoms with van der Waals surface area (Å²) in [5, 5.41) is 35.3. The predicted octanol–water partition coefficient (Wildman–Crippen LogP) is 7.31. The van der Waals surface area contributed by atoms with Gasteiger partial charge in [-0.25, -0.2) is 0 Å². The molecule has 3 N–H and O–H groups in total. The molecule has 272 valence electrons. The lowest BCUT2D eigenvalue weighted by Crippen LogP contribution is -2.66. The van der Waals surface area contributed by atoms with Crippen LogP contribution in [0.25, 0.3) is 0 Å². The monoisotopic (exact) mass is 672 g/mol. The van der Waals surface area contributed by atoms with Crippen LogP contribution in [0.4, 0.5) is 0 Å². The lowest BCUT2D eigenvalue weighted by Gasteiger charge is -2.53. The molecular formula is C40H64O8. The van der Waals surface area contributed by atoms with Gasteiger partial charge in [-0.15, -0.1) is 0 Å². The first-order valence-electron chi connectivity index (χ1n) is 19.2. The van der Waals surface area contributed by atoms with Crippen LogP contribution < -0.4 is 0 Å². The van der Waals surface area contributed by atoms with Gasteiger partial charge in [-0.2, -0.15) is 0 Å². The zero-order valence-electron chi connectivity index (χ0n) is 30.7. The molecule has 0 bridgehead atoms. The molecule has 0 saturated heterocycles. The van der Waals surface area contributed by atoms with Gasteiger partial charge in [0.25, 0.3) is 0 Å². The molecule has 2 unspecified atom stereocenters. The van der Waals surface area contributed by atoms with E-state index >= 15 is 0 Å². The molecule has 0 spiro atoms. The Morgan fingerprint density at radius 3 is 1.90 bits per heavy atom. The summed E-state index contributed by atoms with van der Waals surface area (Å²) in [4.78, 5) is 40.6. The summed E-state index contributed by atoms with van der Waals surface area (Å²) >= 11 is 0. The van der Waals surface area contributed by atoms with Crippen LogP contribution in [-0.2, 0) is 23.9 Å². The third-order valence-corrected chi connectivity index (χ3v) is 12.5. The maximum atomic E-state index is 13.6. The number of aliphatic hydroxyl groups is 3. The number of unbranched alkanes of at least 4 members (excludes halogenated alkanes) is 12. The molecule has 4 aliphatic rings. The molecule has 8 atom stereocenters. The second-order valence-electron chi connectivity index (χ2n) is 16.1. The molecule has 8 nitrogen and oxygen atoms in total. The van der Waals surface area contributed by atoms with Crippen LogP contribution in [0.15, 0.2) is 23.3 Å². The van der Waals surface area contributed by atoms with E-state index in [9.17, 15) is 29.7 Å². The number of rotatable bonds is 19. The van der Waals surface area contributed by atoms with Crippen molar-refractivity contribution in [2.75, 3.05) is 6.61 Å². The predicted molar refractivity (Wildman–Crippen MR) is 186 cm³/mol. The van der Waals surface area contributed by atoms with Crippen molar-refractivity contribution in [2.24, 2.45) is 29.1 Å². The van der Waals surface area contributed by atoms with Gasteiger partial charge in [0.1, 0.15) is 11.7 Å². The molecule has 48 heavy (non-hydrogen) atoms. The van der Waals surface area contributed by atoms with Crippen molar-refractivity contribution >= 4 is 17.7 Å². The van der Waals surface area contributed by atoms with Gasteiger partial charge in [0.15, 0.2) is 11.4 Å². The molecule has 0 radical (unpaired) electrons. The Bertz CT molecular complexity index is 1220. The van der Waals surface area contributed by atoms with E-state index in [-0.39, 0.29) is 31.8 Å². The van der Waals surface area contributed by atoms with E-state index in [1.165, 1.54) is 38.5 Å². The van der Waals surface area contributed by atoms with Crippen LogP contribution in [-0.4, -0.2) is 62.6 Å². The quantitative estimate of drug-likeness (QED) is 0.0740. The number of ether oxygens (including phenoxy) is 2. The van der Waals surface area contributed by atoms with E-state index in [0.717, 1.165) is 38.5 Å². The number of Topliss-reactive ketones (excluding diaryl/α,β-unsaturated/α-hetero) is 1. The third kappa shape index (κ3) is 7.10. The van der Waals surface area contributed by atoms with E-state index in [4.69, 9.17) is 9.47 Å².